The predicted molar refractivity (Wildman–Crippen MR) is 139 cm³/mol. The second-order valence-electron chi connectivity index (χ2n) is 7.84. The highest BCUT2D eigenvalue weighted by atomic mass is 127. The number of carbonyl (C=O) groups is 2. The average molecular weight is 563 g/mol. The van der Waals surface area contributed by atoms with Gasteiger partial charge in [0.1, 0.15) is 5.82 Å². The lowest BCUT2D eigenvalue weighted by molar-refractivity contribution is -0.123. The van der Waals surface area contributed by atoms with Crippen LogP contribution in [0.15, 0.2) is 53.7 Å². The molecule has 2 fully saturated rings. The topological polar surface area (TPSA) is 93.2 Å². The quantitative estimate of drug-likeness (QED) is 0.330. The number of amides is 2. The van der Waals surface area contributed by atoms with Crippen LogP contribution in [0.5, 0.6) is 0 Å². The van der Waals surface area contributed by atoms with Gasteiger partial charge in [-0.2, -0.15) is 0 Å². The van der Waals surface area contributed by atoms with E-state index in [1.54, 1.807) is 11.9 Å². The Morgan fingerprint density at radius 1 is 1.06 bits per heavy atom. The average Bonchev–Trinajstić information content (AvgIpc) is 2.85. The van der Waals surface area contributed by atoms with E-state index in [9.17, 15) is 9.59 Å². The van der Waals surface area contributed by atoms with Gasteiger partial charge in [-0.15, -0.1) is 24.0 Å². The number of pyridine rings is 1. The first-order valence-electron chi connectivity index (χ1n) is 10.9. The highest BCUT2D eigenvalue weighted by Crippen LogP contribution is 2.13. The molecule has 0 aliphatic carbocycles. The molecule has 2 aliphatic rings. The maximum Gasteiger partial charge on any atom is 0.254 e. The molecule has 0 spiro atoms. The Hall–Kier alpha value is -2.89. The van der Waals surface area contributed by atoms with Gasteiger partial charge in [0.2, 0.25) is 5.91 Å². The van der Waals surface area contributed by atoms with Crippen molar-refractivity contribution >= 4 is 47.6 Å². The summed E-state index contributed by atoms with van der Waals surface area (Å²) in [5.41, 5.74) is 1.66. The molecule has 2 N–H and O–H groups in total. The first kappa shape index (κ1) is 24.7. The third kappa shape index (κ3) is 6.34. The molecule has 1 aromatic heterocycles. The largest absolute Gasteiger partial charge is 0.353 e. The van der Waals surface area contributed by atoms with Crippen molar-refractivity contribution in [2.45, 2.75) is 6.54 Å². The predicted octanol–water partition coefficient (Wildman–Crippen LogP) is 1.17. The van der Waals surface area contributed by atoms with Gasteiger partial charge in [0, 0.05) is 64.6 Å². The van der Waals surface area contributed by atoms with Crippen molar-refractivity contribution in [1.29, 1.82) is 0 Å². The van der Waals surface area contributed by atoms with Gasteiger partial charge in [-0.1, -0.05) is 18.2 Å². The Morgan fingerprint density at radius 2 is 1.82 bits per heavy atom. The standard InChI is InChI=1S/C23H29N7O2.HI/c1-24-23(29-14-12-28(13-15-29)20-4-2-3-9-25-20)27-16-18-5-7-19(8-6-18)22(32)30-11-10-26-21(31)17-30;/h2-9H,10-17H2,1H3,(H,24,27)(H,26,31);1H. The van der Waals surface area contributed by atoms with Crippen molar-refractivity contribution in [3.8, 4) is 0 Å². The van der Waals surface area contributed by atoms with Crippen molar-refractivity contribution in [3.63, 3.8) is 0 Å². The van der Waals surface area contributed by atoms with Crippen LogP contribution in [0.1, 0.15) is 15.9 Å². The number of benzene rings is 1. The smallest absolute Gasteiger partial charge is 0.254 e. The highest BCUT2D eigenvalue weighted by molar-refractivity contribution is 14.0. The van der Waals surface area contributed by atoms with Crippen LogP contribution in [-0.2, 0) is 11.3 Å². The fourth-order valence-electron chi connectivity index (χ4n) is 3.96. The molecule has 2 aromatic rings. The molecule has 176 valence electrons. The molecule has 0 atom stereocenters. The lowest BCUT2D eigenvalue weighted by atomic mass is 10.1. The number of carbonyl (C=O) groups excluding carboxylic acids is 2. The third-order valence-electron chi connectivity index (χ3n) is 5.74. The van der Waals surface area contributed by atoms with Crippen LogP contribution < -0.4 is 15.5 Å². The van der Waals surface area contributed by atoms with Gasteiger partial charge in [-0.3, -0.25) is 14.6 Å². The number of hydrogen-bond acceptors (Lipinski definition) is 5. The summed E-state index contributed by atoms with van der Waals surface area (Å²) >= 11 is 0. The van der Waals surface area contributed by atoms with Gasteiger partial charge < -0.3 is 25.3 Å². The van der Waals surface area contributed by atoms with Gasteiger partial charge in [0.15, 0.2) is 5.96 Å². The molecule has 1 aromatic carbocycles. The van der Waals surface area contributed by atoms with Crippen LogP contribution in [0.2, 0.25) is 0 Å². The van der Waals surface area contributed by atoms with E-state index in [1.807, 2.05) is 48.7 Å². The second kappa shape index (κ2) is 11.8. The van der Waals surface area contributed by atoms with Crippen molar-refractivity contribution in [2.24, 2.45) is 4.99 Å². The molecule has 2 saturated heterocycles. The van der Waals surface area contributed by atoms with Gasteiger partial charge >= 0.3 is 0 Å². The van der Waals surface area contributed by atoms with E-state index in [1.165, 1.54) is 0 Å². The van der Waals surface area contributed by atoms with E-state index in [2.05, 4.69) is 30.4 Å². The molecule has 10 heteroatoms. The monoisotopic (exact) mass is 563 g/mol. The van der Waals surface area contributed by atoms with Crippen LogP contribution in [-0.4, -0.2) is 85.4 Å². The highest BCUT2D eigenvalue weighted by Gasteiger charge is 2.22. The number of piperazine rings is 2. The fourth-order valence-corrected chi connectivity index (χ4v) is 3.96. The normalized spacial score (nSPS) is 16.7. The molecule has 2 aliphatic heterocycles. The maximum atomic E-state index is 12.6. The fraction of sp³-hybridized carbons (Fsp3) is 0.391. The van der Waals surface area contributed by atoms with E-state index in [4.69, 9.17) is 0 Å². The maximum absolute atomic E-state index is 12.6. The second-order valence-corrected chi connectivity index (χ2v) is 7.84. The van der Waals surface area contributed by atoms with E-state index < -0.39 is 0 Å². The van der Waals surface area contributed by atoms with Crippen molar-refractivity contribution < 1.29 is 9.59 Å². The summed E-state index contributed by atoms with van der Waals surface area (Å²) in [5.74, 6) is 1.65. The minimum absolute atomic E-state index is 0. The SMILES string of the molecule is CN=C(NCc1ccc(C(=O)N2CCNC(=O)C2)cc1)N1CCN(c2ccccn2)CC1.I. The van der Waals surface area contributed by atoms with Crippen molar-refractivity contribution in [2.75, 3.05) is 57.8 Å². The van der Waals surface area contributed by atoms with Gasteiger partial charge in [-0.05, 0) is 29.8 Å². The summed E-state index contributed by atoms with van der Waals surface area (Å²) < 4.78 is 0. The van der Waals surface area contributed by atoms with E-state index in [0.29, 0.717) is 25.2 Å². The number of hydrogen-bond donors (Lipinski definition) is 2. The van der Waals surface area contributed by atoms with E-state index in [-0.39, 0.29) is 42.3 Å². The van der Waals surface area contributed by atoms with Crippen LogP contribution >= 0.6 is 24.0 Å². The zero-order valence-electron chi connectivity index (χ0n) is 18.7. The number of rotatable bonds is 4. The van der Waals surface area contributed by atoms with Crippen molar-refractivity contribution in [3.05, 3.63) is 59.8 Å². The Bertz CT molecular complexity index is 961. The molecule has 2 amide bonds. The Kier molecular flexibility index (Phi) is 8.87. The molecule has 0 unspecified atom stereocenters. The number of aromatic nitrogens is 1. The number of anilines is 1. The van der Waals surface area contributed by atoms with Crippen molar-refractivity contribution in [1.82, 2.24) is 25.4 Å². The molecule has 33 heavy (non-hydrogen) atoms. The summed E-state index contributed by atoms with van der Waals surface area (Å²) in [6.45, 7) is 5.30. The first-order valence-corrected chi connectivity index (χ1v) is 10.9. The molecular weight excluding hydrogens is 533 g/mol. The zero-order chi connectivity index (χ0) is 22.3. The van der Waals surface area contributed by atoms with E-state index in [0.717, 1.165) is 43.5 Å². The van der Waals surface area contributed by atoms with E-state index >= 15 is 0 Å². The number of nitrogens with zero attached hydrogens (tertiary/aromatic N) is 5. The summed E-state index contributed by atoms with van der Waals surface area (Å²) in [7, 11) is 1.80. The van der Waals surface area contributed by atoms with Gasteiger partial charge in [0.25, 0.3) is 5.91 Å². The number of guanidine groups is 1. The van der Waals surface area contributed by atoms with Gasteiger partial charge in [-0.25, -0.2) is 4.98 Å². The van der Waals surface area contributed by atoms with Crippen LogP contribution in [0.4, 0.5) is 5.82 Å². The molecule has 0 radical (unpaired) electrons. The molecule has 3 heterocycles. The summed E-state index contributed by atoms with van der Waals surface area (Å²) in [4.78, 5) is 39.1. The summed E-state index contributed by atoms with van der Waals surface area (Å²) in [6, 6.07) is 13.5. The van der Waals surface area contributed by atoms with Crippen LogP contribution in [0.25, 0.3) is 0 Å². The lowest BCUT2D eigenvalue weighted by Crippen LogP contribution is -2.52. The molecule has 9 nitrogen and oxygen atoms in total. The number of nitrogens with one attached hydrogen (secondary N) is 2. The zero-order valence-corrected chi connectivity index (χ0v) is 21.1. The van der Waals surface area contributed by atoms with Crippen LogP contribution in [0.3, 0.4) is 0 Å². The Balaban J connectivity index is 0.00000306. The first-order chi connectivity index (χ1) is 15.6. The number of aliphatic imine (C=N–C) groups is 1. The molecular formula is C23H30IN7O2. The molecule has 0 saturated carbocycles. The lowest BCUT2D eigenvalue weighted by Gasteiger charge is -2.37. The van der Waals surface area contributed by atoms with Crippen LogP contribution in [0, 0.1) is 0 Å². The Morgan fingerprint density at radius 3 is 2.45 bits per heavy atom. The minimum atomic E-state index is -0.113. The van der Waals surface area contributed by atoms with Gasteiger partial charge in [0.05, 0.1) is 6.54 Å². The number of halogens is 1. The Labute approximate surface area is 211 Å². The molecule has 0 bridgehead atoms. The third-order valence-corrected chi connectivity index (χ3v) is 5.74. The minimum Gasteiger partial charge on any atom is -0.353 e. The molecule has 4 rings (SSSR count). The summed E-state index contributed by atoms with van der Waals surface area (Å²) in [6.07, 6.45) is 1.82. The summed E-state index contributed by atoms with van der Waals surface area (Å²) in [5, 5.41) is 6.16.